The molecule has 3 aliphatic carbocycles. The molecule has 0 heterocycles. The molecular formula is C21H33NO2. The molecule has 134 valence electrons. The Bertz CT molecular complexity index is 454. The van der Waals surface area contributed by atoms with Gasteiger partial charge < -0.3 is 4.90 Å². The van der Waals surface area contributed by atoms with Crippen molar-refractivity contribution in [3.8, 4) is 0 Å². The van der Waals surface area contributed by atoms with Gasteiger partial charge in [0, 0.05) is 37.0 Å². The number of nitrogens with zero attached hydrogens (tertiary/aromatic N) is 1. The Balaban J connectivity index is 1.46. The van der Waals surface area contributed by atoms with Crippen molar-refractivity contribution in [3.63, 3.8) is 0 Å². The van der Waals surface area contributed by atoms with Crippen LogP contribution in [-0.4, -0.2) is 29.1 Å². The molecule has 0 aromatic carbocycles. The monoisotopic (exact) mass is 331 g/mol. The molecule has 0 amide bonds. The highest BCUT2D eigenvalue weighted by Crippen LogP contribution is 2.30. The number of rotatable bonds is 8. The minimum atomic E-state index is 0.250. The van der Waals surface area contributed by atoms with Crippen LogP contribution in [0, 0.1) is 11.8 Å². The zero-order valence-corrected chi connectivity index (χ0v) is 15.0. The van der Waals surface area contributed by atoms with Crippen LogP contribution >= 0.6 is 0 Å². The molecule has 0 aromatic rings. The van der Waals surface area contributed by atoms with Gasteiger partial charge in [-0.2, -0.15) is 0 Å². The van der Waals surface area contributed by atoms with Crippen LogP contribution in [0.3, 0.4) is 0 Å². The third-order valence-electron chi connectivity index (χ3n) is 6.13. The highest BCUT2D eigenvalue weighted by molar-refractivity contribution is 5.91. The van der Waals surface area contributed by atoms with Crippen molar-refractivity contribution in [2.45, 2.75) is 89.5 Å². The van der Waals surface area contributed by atoms with Crippen LogP contribution in [0.15, 0.2) is 12.3 Å². The van der Waals surface area contributed by atoms with Crippen molar-refractivity contribution >= 4 is 11.6 Å². The Morgan fingerprint density at radius 3 is 1.96 bits per heavy atom. The molecule has 0 saturated heterocycles. The summed E-state index contributed by atoms with van der Waals surface area (Å²) in [5, 5.41) is 0. The first kappa shape index (κ1) is 17.7. The maximum absolute atomic E-state index is 12.4. The zero-order valence-electron chi connectivity index (χ0n) is 15.0. The molecule has 0 atom stereocenters. The molecule has 0 radical (unpaired) electrons. The van der Waals surface area contributed by atoms with E-state index in [1.165, 1.54) is 51.4 Å². The van der Waals surface area contributed by atoms with Crippen LogP contribution in [0.2, 0.25) is 0 Å². The predicted molar refractivity (Wildman–Crippen MR) is 96.6 cm³/mol. The Morgan fingerprint density at radius 2 is 1.38 bits per heavy atom. The normalized spacial score (nSPS) is 23.5. The van der Waals surface area contributed by atoms with E-state index in [4.69, 9.17) is 0 Å². The number of ketones is 2. The Morgan fingerprint density at radius 1 is 0.792 bits per heavy atom. The van der Waals surface area contributed by atoms with Crippen LogP contribution in [0.1, 0.15) is 83.5 Å². The molecule has 0 bridgehead atoms. The van der Waals surface area contributed by atoms with E-state index in [0.717, 1.165) is 32.2 Å². The van der Waals surface area contributed by atoms with E-state index >= 15 is 0 Å². The van der Waals surface area contributed by atoms with E-state index in [1.807, 2.05) is 6.20 Å². The van der Waals surface area contributed by atoms with Gasteiger partial charge in [-0.05, 0) is 44.6 Å². The molecule has 3 heteroatoms. The average Bonchev–Trinajstić information content (AvgIpc) is 3.48. The van der Waals surface area contributed by atoms with Crippen LogP contribution < -0.4 is 0 Å². The average molecular weight is 332 g/mol. The molecule has 0 N–H and O–H groups in total. The van der Waals surface area contributed by atoms with E-state index in [9.17, 15) is 9.59 Å². The largest absolute Gasteiger partial charge is 0.374 e. The van der Waals surface area contributed by atoms with Crippen molar-refractivity contribution in [2.24, 2.45) is 11.8 Å². The van der Waals surface area contributed by atoms with Crippen LogP contribution in [0.25, 0.3) is 0 Å². The second-order valence-corrected chi connectivity index (χ2v) is 8.07. The summed E-state index contributed by atoms with van der Waals surface area (Å²) >= 11 is 0. The molecule has 0 spiro atoms. The number of carbonyl (C=O) groups excluding carboxylic acids is 2. The number of hydrogen-bond acceptors (Lipinski definition) is 3. The van der Waals surface area contributed by atoms with Gasteiger partial charge in [0.05, 0.1) is 0 Å². The van der Waals surface area contributed by atoms with E-state index in [-0.39, 0.29) is 5.92 Å². The maximum Gasteiger partial charge on any atom is 0.160 e. The Hall–Kier alpha value is -1.12. The molecule has 3 aliphatic rings. The van der Waals surface area contributed by atoms with E-state index in [0.29, 0.717) is 29.9 Å². The molecule has 0 aromatic heterocycles. The van der Waals surface area contributed by atoms with Gasteiger partial charge in [0.2, 0.25) is 0 Å². The third kappa shape index (κ3) is 5.19. The fraction of sp³-hybridized carbons (Fsp3) is 0.810. The first-order valence-electron chi connectivity index (χ1n) is 10.2. The summed E-state index contributed by atoms with van der Waals surface area (Å²) in [5.41, 5.74) is 0. The minimum absolute atomic E-state index is 0.250. The summed E-state index contributed by atoms with van der Waals surface area (Å²) < 4.78 is 0. The lowest BCUT2D eigenvalue weighted by atomic mass is 9.85. The van der Waals surface area contributed by atoms with Crippen molar-refractivity contribution in [1.29, 1.82) is 0 Å². The second kappa shape index (κ2) is 8.82. The fourth-order valence-electron chi connectivity index (χ4n) is 4.35. The topological polar surface area (TPSA) is 37.4 Å². The molecule has 3 nitrogen and oxygen atoms in total. The molecule has 3 fully saturated rings. The highest BCUT2D eigenvalue weighted by Gasteiger charge is 2.29. The van der Waals surface area contributed by atoms with Gasteiger partial charge in [0.1, 0.15) is 5.78 Å². The summed E-state index contributed by atoms with van der Waals surface area (Å²) in [5.74, 6) is 1.32. The lowest BCUT2D eigenvalue weighted by Crippen LogP contribution is -2.27. The quantitative estimate of drug-likeness (QED) is 0.607. The lowest BCUT2D eigenvalue weighted by molar-refractivity contribution is -0.124. The first-order valence-corrected chi connectivity index (χ1v) is 10.2. The van der Waals surface area contributed by atoms with Crippen molar-refractivity contribution < 1.29 is 9.59 Å². The van der Waals surface area contributed by atoms with E-state index in [1.54, 1.807) is 6.08 Å². The smallest absolute Gasteiger partial charge is 0.160 e. The SMILES string of the molecule is O=C(/C=C/N(CCC(=O)C1CCCCC1)C1CC1)C1CCCCC1. The summed E-state index contributed by atoms with van der Waals surface area (Å²) in [7, 11) is 0. The van der Waals surface area contributed by atoms with Crippen molar-refractivity contribution in [2.75, 3.05) is 6.54 Å². The van der Waals surface area contributed by atoms with Crippen LogP contribution in [0.4, 0.5) is 0 Å². The molecule has 24 heavy (non-hydrogen) atoms. The summed E-state index contributed by atoms with van der Waals surface area (Å²) in [6.07, 6.45) is 18.6. The van der Waals surface area contributed by atoms with E-state index < -0.39 is 0 Å². The Labute approximate surface area is 146 Å². The number of carbonyl (C=O) groups is 2. The fourth-order valence-corrected chi connectivity index (χ4v) is 4.35. The Kier molecular flexibility index (Phi) is 6.51. The molecule has 3 rings (SSSR count). The van der Waals surface area contributed by atoms with Gasteiger partial charge in [0.15, 0.2) is 5.78 Å². The lowest BCUT2D eigenvalue weighted by Gasteiger charge is -2.24. The summed E-state index contributed by atoms with van der Waals surface area (Å²) in [6, 6.07) is 0.569. The zero-order chi connectivity index (χ0) is 16.8. The molecule has 0 unspecified atom stereocenters. The number of allylic oxidation sites excluding steroid dienone is 1. The highest BCUT2D eigenvalue weighted by atomic mass is 16.1. The molecule has 3 saturated carbocycles. The van der Waals surface area contributed by atoms with Gasteiger partial charge in [-0.25, -0.2) is 0 Å². The van der Waals surface area contributed by atoms with Gasteiger partial charge in [-0.1, -0.05) is 38.5 Å². The molecular weight excluding hydrogens is 298 g/mol. The standard InChI is InChI=1S/C21H33NO2/c23-20(17-7-3-1-4-8-17)13-15-22(19-11-12-19)16-14-21(24)18-9-5-2-6-10-18/h13,15,17-19H,1-12,14,16H2/b15-13+. The third-order valence-corrected chi connectivity index (χ3v) is 6.13. The van der Waals surface area contributed by atoms with Gasteiger partial charge in [0.25, 0.3) is 0 Å². The molecule has 0 aliphatic heterocycles. The van der Waals surface area contributed by atoms with Crippen LogP contribution in [-0.2, 0) is 9.59 Å². The minimum Gasteiger partial charge on any atom is -0.374 e. The number of Topliss-reactive ketones (excluding diaryl/α,β-unsaturated/α-hetero) is 1. The predicted octanol–water partition coefficient (Wildman–Crippen LogP) is 4.65. The number of hydrogen-bond donors (Lipinski definition) is 0. The maximum atomic E-state index is 12.4. The van der Waals surface area contributed by atoms with Gasteiger partial charge >= 0.3 is 0 Å². The van der Waals surface area contributed by atoms with Crippen molar-refractivity contribution in [3.05, 3.63) is 12.3 Å². The van der Waals surface area contributed by atoms with Gasteiger partial charge in [-0.15, -0.1) is 0 Å². The van der Waals surface area contributed by atoms with Crippen LogP contribution in [0.5, 0.6) is 0 Å². The van der Waals surface area contributed by atoms with Crippen molar-refractivity contribution in [1.82, 2.24) is 4.90 Å². The second-order valence-electron chi connectivity index (χ2n) is 8.07. The first-order chi connectivity index (χ1) is 11.7. The summed E-state index contributed by atoms with van der Waals surface area (Å²) in [6.45, 7) is 0.800. The van der Waals surface area contributed by atoms with Gasteiger partial charge in [-0.3, -0.25) is 9.59 Å². The van der Waals surface area contributed by atoms with E-state index in [2.05, 4.69) is 4.90 Å². The summed E-state index contributed by atoms with van der Waals surface area (Å²) in [4.78, 5) is 27.0.